The highest BCUT2D eigenvalue weighted by Gasteiger charge is 2.29. The lowest BCUT2D eigenvalue weighted by Crippen LogP contribution is -2.32. The Labute approximate surface area is 174 Å². The maximum atomic E-state index is 12.4. The van der Waals surface area contributed by atoms with Crippen LogP contribution >= 0.6 is 0 Å². The molecular formula is C25H33NO3. The zero-order valence-electron chi connectivity index (χ0n) is 17.7. The zero-order valence-corrected chi connectivity index (χ0v) is 17.7. The summed E-state index contributed by atoms with van der Waals surface area (Å²) in [6.45, 7) is 4.72. The van der Waals surface area contributed by atoms with Gasteiger partial charge < -0.3 is 14.8 Å². The number of hydrogen-bond donors (Lipinski definition) is 1. The van der Waals surface area contributed by atoms with Crippen LogP contribution in [0.5, 0.6) is 11.5 Å². The van der Waals surface area contributed by atoms with Gasteiger partial charge in [0, 0.05) is 11.1 Å². The third kappa shape index (κ3) is 5.75. The van der Waals surface area contributed by atoms with Crippen LogP contribution in [0.25, 0.3) is 0 Å². The molecule has 4 heteroatoms. The number of hydrogen-bond acceptors (Lipinski definition) is 3. The molecule has 1 N–H and O–H groups in total. The molecule has 0 saturated carbocycles. The number of rotatable bonds is 10. The van der Waals surface area contributed by atoms with E-state index >= 15 is 0 Å². The van der Waals surface area contributed by atoms with Gasteiger partial charge in [0.05, 0.1) is 12.6 Å². The predicted octanol–water partition coefficient (Wildman–Crippen LogP) is 7.06. The summed E-state index contributed by atoms with van der Waals surface area (Å²) in [5.41, 5.74) is 2.97. The lowest BCUT2D eigenvalue weighted by molar-refractivity contribution is 0.141. The third-order valence-electron chi connectivity index (χ3n) is 5.49. The molecule has 1 aliphatic rings. The van der Waals surface area contributed by atoms with Gasteiger partial charge in [-0.05, 0) is 25.0 Å². The van der Waals surface area contributed by atoms with Gasteiger partial charge in [-0.2, -0.15) is 0 Å². The first-order valence-corrected chi connectivity index (χ1v) is 11.0. The van der Waals surface area contributed by atoms with Crippen LogP contribution in [-0.4, -0.2) is 12.7 Å². The van der Waals surface area contributed by atoms with Crippen LogP contribution in [0, 0.1) is 6.92 Å². The highest BCUT2D eigenvalue weighted by Crippen LogP contribution is 2.44. The monoisotopic (exact) mass is 395 g/mol. The second-order valence-corrected chi connectivity index (χ2v) is 7.82. The summed E-state index contributed by atoms with van der Waals surface area (Å²) in [6, 6.07) is 13.6. The normalized spacial score (nSPS) is 14.5. The summed E-state index contributed by atoms with van der Waals surface area (Å²) in [7, 11) is 0. The van der Waals surface area contributed by atoms with Crippen molar-refractivity contribution in [1.29, 1.82) is 0 Å². The molecule has 4 nitrogen and oxygen atoms in total. The molecule has 0 radical (unpaired) electrons. The highest BCUT2D eigenvalue weighted by atomic mass is 16.5. The standard InChI is InChI=1S/C25H33NO3/c1-3-4-5-6-7-8-9-12-18-28-25(27)26-23-20-15-10-11-17-22(20)29-24-19(2)14-13-16-21(23)24/h10-11,13-17,23H,3-9,12,18H2,1-2H3,(H,26,27)/t23-/m1/s1. The Morgan fingerprint density at radius 2 is 1.62 bits per heavy atom. The van der Waals surface area contributed by atoms with Gasteiger partial charge in [0.1, 0.15) is 11.5 Å². The second kappa shape index (κ2) is 10.9. The van der Waals surface area contributed by atoms with E-state index in [1.165, 1.54) is 38.5 Å². The number of nitrogens with one attached hydrogen (secondary N) is 1. The van der Waals surface area contributed by atoms with E-state index < -0.39 is 0 Å². The minimum atomic E-state index is -0.373. The van der Waals surface area contributed by atoms with E-state index in [0.29, 0.717) is 6.61 Å². The number of para-hydroxylation sites is 2. The van der Waals surface area contributed by atoms with Crippen LogP contribution in [-0.2, 0) is 4.74 Å². The lowest BCUT2D eigenvalue weighted by atomic mass is 9.93. The van der Waals surface area contributed by atoms with Crippen molar-refractivity contribution >= 4 is 6.09 Å². The van der Waals surface area contributed by atoms with Gasteiger partial charge in [0.2, 0.25) is 0 Å². The van der Waals surface area contributed by atoms with Crippen LogP contribution in [0.1, 0.15) is 81.0 Å². The van der Waals surface area contributed by atoms with Gasteiger partial charge in [-0.15, -0.1) is 0 Å². The average molecular weight is 396 g/mol. The van der Waals surface area contributed by atoms with Crippen molar-refractivity contribution in [2.75, 3.05) is 6.61 Å². The van der Waals surface area contributed by atoms with E-state index in [1.54, 1.807) is 0 Å². The molecule has 1 aliphatic heterocycles. The molecule has 1 atom stereocenters. The highest BCUT2D eigenvalue weighted by molar-refractivity contribution is 5.70. The van der Waals surface area contributed by atoms with Crippen LogP contribution in [0.3, 0.4) is 0 Å². The van der Waals surface area contributed by atoms with Crippen molar-refractivity contribution in [2.24, 2.45) is 0 Å². The fourth-order valence-electron chi connectivity index (χ4n) is 3.85. The van der Waals surface area contributed by atoms with Gasteiger partial charge in [-0.1, -0.05) is 88.3 Å². The number of unbranched alkanes of at least 4 members (excludes halogenated alkanes) is 7. The Kier molecular flexibility index (Phi) is 7.97. The zero-order chi connectivity index (χ0) is 20.5. The Bertz CT molecular complexity index is 802. The predicted molar refractivity (Wildman–Crippen MR) is 117 cm³/mol. The number of carbonyl (C=O) groups excluding carboxylic acids is 1. The summed E-state index contributed by atoms with van der Waals surface area (Å²) in [4.78, 5) is 12.4. The topological polar surface area (TPSA) is 47.6 Å². The van der Waals surface area contributed by atoms with Crippen molar-refractivity contribution < 1.29 is 14.3 Å². The van der Waals surface area contributed by atoms with Crippen LogP contribution in [0.15, 0.2) is 42.5 Å². The van der Waals surface area contributed by atoms with Crippen molar-refractivity contribution in [1.82, 2.24) is 5.32 Å². The van der Waals surface area contributed by atoms with E-state index in [9.17, 15) is 4.79 Å². The number of ether oxygens (including phenoxy) is 2. The van der Waals surface area contributed by atoms with E-state index in [0.717, 1.165) is 41.0 Å². The number of fused-ring (bicyclic) bond motifs is 2. The van der Waals surface area contributed by atoms with Crippen molar-refractivity contribution in [3.63, 3.8) is 0 Å². The van der Waals surface area contributed by atoms with Crippen LogP contribution < -0.4 is 10.1 Å². The number of amides is 1. The maximum absolute atomic E-state index is 12.4. The van der Waals surface area contributed by atoms with Crippen LogP contribution in [0.4, 0.5) is 4.79 Å². The molecule has 0 fully saturated rings. The first kappa shape index (κ1) is 21.2. The van der Waals surface area contributed by atoms with E-state index in [1.807, 2.05) is 49.4 Å². The summed E-state index contributed by atoms with van der Waals surface area (Å²) >= 11 is 0. The molecule has 1 amide bonds. The number of aryl methyl sites for hydroxylation is 1. The molecule has 0 spiro atoms. The molecule has 1 heterocycles. The molecule has 156 valence electrons. The molecule has 0 aliphatic carbocycles. The first-order chi connectivity index (χ1) is 14.2. The van der Waals surface area contributed by atoms with E-state index in [2.05, 4.69) is 12.2 Å². The molecule has 29 heavy (non-hydrogen) atoms. The molecule has 0 unspecified atom stereocenters. The minimum absolute atomic E-state index is 0.263. The molecule has 0 bridgehead atoms. The quantitative estimate of drug-likeness (QED) is 0.438. The van der Waals surface area contributed by atoms with Crippen LogP contribution in [0.2, 0.25) is 0 Å². The molecule has 3 rings (SSSR count). The minimum Gasteiger partial charge on any atom is -0.456 e. The third-order valence-corrected chi connectivity index (χ3v) is 5.49. The van der Waals surface area contributed by atoms with Gasteiger partial charge in [0.15, 0.2) is 0 Å². The average Bonchev–Trinajstić information content (AvgIpc) is 2.73. The number of carbonyl (C=O) groups is 1. The Hall–Kier alpha value is -2.49. The summed E-state index contributed by atoms with van der Waals surface area (Å²) < 4.78 is 11.5. The van der Waals surface area contributed by atoms with Gasteiger partial charge in [-0.25, -0.2) is 4.79 Å². The Morgan fingerprint density at radius 1 is 0.931 bits per heavy atom. The van der Waals surface area contributed by atoms with Crippen molar-refractivity contribution in [2.45, 2.75) is 71.3 Å². The first-order valence-electron chi connectivity index (χ1n) is 11.0. The van der Waals surface area contributed by atoms with Crippen molar-refractivity contribution in [3.8, 4) is 11.5 Å². The summed E-state index contributed by atoms with van der Waals surface area (Å²) in [5.74, 6) is 1.60. The number of benzene rings is 2. The Morgan fingerprint density at radius 3 is 2.41 bits per heavy atom. The summed E-state index contributed by atoms with van der Waals surface area (Å²) in [6.07, 6.45) is 9.42. The molecule has 0 aromatic heterocycles. The number of alkyl carbamates (subject to hydrolysis) is 1. The van der Waals surface area contributed by atoms with Gasteiger partial charge in [-0.3, -0.25) is 0 Å². The fourth-order valence-corrected chi connectivity index (χ4v) is 3.85. The SMILES string of the molecule is CCCCCCCCCCOC(=O)N[C@@H]1c2ccccc2Oc2c(C)cccc21. The van der Waals surface area contributed by atoms with E-state index in [-0.39, 0.29) is 12.1 Å². The van der Waals surface area contributed by atoms with E-state index in [4.69, 9.17) is 9.47 Å². The smallest absolute Gasteiger partial charge is 0.407 e. The molecular weight excluding hydrogens is 362 g/mol. The van der Waals surface area contributed by atoms with Gasteiger partial charge in [0.25, 0.3) is 0 Å². The molecule has 0 saturated heterocycles. The molecule has 2 aromatic rings. The van der Waals surface area contributed by atoms with Crippen molar-refractivity contribution in [3.05, 3.63) is 59.2 Å². The Balaban J connectivity index is 1.50. The maximum Gasteiger partial charge on any atom is 0.407 e. The lowest BCUT2D eigenvalue weighted by Gasteiger charge is -2.29. The summed E-state index contributed by atoms with van der Waals surface area (Å²) in [5, 5.41) is 3.04. The molecule has 2 aromatic carbocycles. The largest absolute Gasteiger partial charge is 0.456 e. The fraction of sp³-hybridized carbons (Fsp3) is 0.480. The second-order valence-electron chi connectivity index (χ2n) is 7.82. The van der Waals surface area contributed by atoms with Gasteiger partial charge >= 0.3 is 6.09 Å².